The molecule has 1 amide bonds. The predicted molar refractivity (Wildman–Crippen MR) is 133 cm³/mol. The third-order valence-electron chi connectivity index (χ3n) is 4.65. The van der Waals surface area contributed by atoms with E-state index < -0.39 is 22.5 Å². The minimum absolute atomic E-state index is 0.0458. The summed E-state index contributed by atoms with van der Waals surface area (Å²) in [6.07, 6.45) is 0.259. The van der Waals surface area contributed by atoms with Crippen molar-refractivity contribution in [1.82, 2.24) is 4.31 Å². The van der Waals surface area contributed by atoms with Gasteiger partial charge in [0.15, 0.2) is 0 Å². The Morgan fingerprint density at radius 2 is 1.70 bits per heavy atom. The predicted octanol–water partition coefficient (Wildman–Crippen LogP) is 5.65. The lowest BCUT2D eigenvalue weighted by molar-refractivity contribution is -0.116. The van der Waals surface area contributed by atoms with Gasteiger partial charge in [-0.2, -0.15) is 9.57 Å². The van der Waals surface area contributed by atoms with Gasteiger partial charge in [0.05, 0.1) is 23.9 Å². The van der Waals surface area contributed by atoms with E-state index in [9.17, 15) is 13.2 Å². The number of rotatable bonds is 8. The number of hydrogen-bond acceptors (Lipinski definition) is 4. The van der Waals surface area contributed by atoms with Crippen molar-refractivity contribution in [1.29, 1.82) is 5.26 Å². The molecule has 0 heterocycles. The highest BCUT2D eigenvalue weighted by Crippen LogP contribution is 2.26. The minimum atomic E-state index is -4.02. The van der Waals surface area contributed by atoms with Crippen LogP contribution in [0.4, 0.5) is 5.69 Å². The molecule has 0 unspecified atom stereocenters. The van der Waals surface area contributed by atoms with Crippen LogP contribution in [0.25, 0.3) is 0 Å². The van der Waals surface area contributed by atoms with E-state index in [1.165, 1.54) is 18.2 Å². The fourth-order valence-electron chi connectivity index (χ4n) is 2.98. The molecule has 33 heavy (non-hydrogen) atoms. The number of nitrogens with zero attached hydrogens (tertiary/aromatic N) is 2. The number of nitrogens with one attached hydrogen (secondary N) is 1. The molecule has 0 aliphatic heterocycles. The van der Waals surface area contributed by atoms with Gasteiger partial charge in [0.1, 0.15) is 0 Å². The van der Waals surface area contributed by atoms with Gasteiger partial charge in [-0.05, 0) is 59.7 Å². The highest BCUT2D eigenvalue weighted by Gasteiger charge is 2.27. The minimum Gasteiger partial charge on any atom is -0.325 e. The maximum atomic E-state index is 13.4. The molecular weight excluding hydrogens is 549 g/mol. The van der Waals surface area contributed by atoms with Crippen molar-refractivity contribution in [3.05, 3.63) is 92.4 Å². The molecule has 170 valence electrons. The van der Waals surface area contributed by atoms with Crippen LogP contribution in [0.1, 0.15) is 11.1 Å². The first kappa shape index (κ1) is 25.2. The van der Waals surface area contributed by atoms with Crippen molar-refractivity contribution in [2.24, 2.45) is 0 Å². The summed E-state index contributed by atoms with van der Waals surface area (Å²) in [6, 6.07) is 19.7. The van der Waals surface area contributed by atoms with Crippen LogP contribution in [0.3, 0.4) is 0 Å². The Balaban J connectivity index is 1.86. The first-order valence-electron chi connectivity index (χ1n) is 9.64. The normalized spacial score (nSPS) is 11.2. The Morgan fingerprint density at radius 1 is 1.03 bits per heavy atom. The lowest BCUT2D eigenvalue weighted by Gasteiger charge is -2.22. The van der Waals surface area contributed by atoms with Crippen LogP contribution >= 0.6 is 39.1 Å². The second kappa shape index (κ2) is 11.1. The highest BCUT2D eigenvalue weighted by atomic mass is 79.9. The van der Waals surface area contributed by atoms with E-state index in [0.717, 1.165) is 14.3 Å². The summed E-state index contributed by atoms with van der Waals surface area (Å²) in [5, 5.41) is 12.2. The van der Waals surface area contributed by atoms with E-state index >= 15 is 0 Å². The maximum Gasteiger partial charge on any atom is 0.243 e. The van der Waals surface area contributed by atoms with Crippen LogP contribution in [0.15, 0.2) is 76.1 Å². The van der Waals surface area contributed by atoms with Gasteiger partial charge < -0.3 is 5.32 Å². The second-order valence-electron chi connectivity index (χ2n) is 7.04. The summed E-state index contributed by atoms with van der Waals surface area (Å²) in [5.41, 5.74) is 1.81. The van der Waals surface area contributed by atoms with Crippen molar-refractivity contribution < 1.29 is 13.2 Å². The highest BCUT2D eigenvalue weighted by molar-refractivity contribution is 9.10. The van der Waals surface area contributed by atoms with E-state index in [4.69, 9.17) is 28.5 Å². The number of nitriles is 1. The number of halogens is 3. The van der Waals surface area contributed by atoms with Crippen LogP contribution in [-0.2, 0) is 27.8 Å². The molecule has 3 aromatic carbocycles. The molecule has 0 bridgehead atoms. The van der Waals surface area contributed by atoms with Crippen molar-refractivity contribution >= 4 is 60.7 Å². The molecule has 0 saturated carbocycles. The molecule has 3 aromatic rings. The van der Waals surface area contributed by atoms with E-state index in [1.807, 2.05) is 0 Å². The topological polar surface area (TPSA) is 90.3 Å². The van der Waals surface area contributed by atoms with Crippen LogP contribution in [0.5, 0.6) is 0 Å². The third kappa shape index (κ3) is 6.79. The molecule has 0 aliphatic carbocycles. The quantitative estimate of drug-likeness (QED) is 0.381. The van der Waals surface area contributed by atoms with Crippen LogP contribution in [0, 0.1) is 11.3 Å². The fourth-order valence-corrected chi connectivity index (χ4v) is 5.09. The van der Waals surface area contributed by atoms with Crippen molar-refractivity contribution in [3.8, 4) is 6.07 Å². The van der Waals surface area contributed by atoms with Crippen LogP contribution in [0.2, 0.25) is 10.0 Å². The Hall–Kier alpha value is -2.41. The van der Waals surface area contributed by atoms with Gasteiger partial charge in [-0.25, -0.2) is 8.42 Å². The summed E-state index contributed by atoms with van der Waals surface area (Å²) < 4.78 is 28.5. The lowest BCUT2D eigenvalue weighted by atomic mass is 10.1. The van der Waals surface area contributed by atoms with Gasteiger partial charge in [-0.15, -0.1) is 0 Å². The number of sulfonamides is 1. The molecule has 0 aliphatic rings. The lowest BCUT2D eigenvalue weighted by Crippen LogP contribution is -2.37. The van der Waals surface area contributed by atoms with Crippen molar-refractivity contribution in [2.45, 2.75) is 17.9 Å². The summed E-state index contributed by atoms with van der Waals surface area (Å²) in [5.74, 6) is -0.520. The van der Waals surface area contributed by atoms with Gasteiger partial charge in [-0.3, -0.25) is 4.79 Å². The molecule has 0 radical (unpaired) electrons. The van der Waals surface area contributed by atoms with Crippen molar-refractivity contribution in [3.63, 3.8) is 0 Å². The largest absolute Gasteiger partial charge is 0.325 e. The number of hydrogen-bond donors (Lipinski definition) is 1. The Bertz CT molecular complexity index is 1290. The monoisotopic (exact) mass is 565 g/mol. The van der Waals surface area contributed by atoms with E-state index in [0.29, 0.717) is 21.3 Å². The Kier molecular flexibility index (Phi) is 8.51. The first-order chi connectivity index (χ1) is 15.7. The van der Waals surface area contributed by atoms with Gasteiger partial charge in [-0.1, -0.05) is 57.3 Å². The number of amides is 1. The van der Waals surface area contributed by atoms with Gasteiger partial charge in [0.2, 0.25) is 15.9 Å². The molecule has 6 nitrogen and oxygen atoms in total. The Labute approximate surface area is 210 Å². The van der Waals surface area contributed by atoms with E-state index in [1.54, 1.807) is 48.5 Å². The Morgan fingerprint density at radius 3 is 2.30 bits per heavy atom. The molecule has 3 rings (SSSR count). The van der Waals surface area contributed by atoms with E-state index in [-0.39, 0.29) is 17.9 Å². The molecule has 0 spiro atoms. The number of carbonyl (C=O) groups excluding carboxylic acids is 1. The van der Waals surface area contributed by atoms with Crippen LogP contribution < -0.4 is 5.32 Å². The van der Waals surface area contributed by atoms with Gasteiger partial charge in [0, 0.05) is 26.8 Å². The number of benzene rings is 3. The third-order valence-corrected chi connectivity index (χ3v) is 7.58. The first-order valence-corrected chi connectivity index (χ1v) is 12.6. The average molecular weight is 567 g/mol. The average Bonchev–Trinajstić information content (AvgIpc) is 2.77. The fraction of sp³-hybridized carbons (Fsp3) is 0.130. The standard InChI is InChI=1S/C23H18BrCl2N3O3S/c24-18-4-9-21(10-5-18)33(31,32)29(14-17-3-6-19(25)13-22(17)26)15-23(30)28-20-7-1-16(2-8-20)11-12-27/h1-10,13H,11,14-15H2,(H,28,30). The second-order valence-corrected chi connectivity index (χ2v) is 10.7. The van der Waals surface area contributed by atoms with Gasteiger partial charge >= 0.3 is 0 Å². The molecule has 10 heteroatoms. The molecule has 1 N–H and O–H groups in total. The van der Waals surface area contributed by atoms with Crippen LogP contribution in [-0.4, -0.2) is 25.2 Å². The summed E-state index contributed by atoms with van der Waals surface area (Å²) in [7, 11) is -4.02. The van der Waals surface area contributed by atoms with Crippen molar-refractivity contribution in [2.75, 3.05) is 11.9 Å². The molecule has 0 saturated heterocycles. The summed E-state index contributed by atoms with van der Waals surface area (Å²) in [4.78, 5) is 12.8. The number of carbonyl (C=O) groups is 1. The summed E-state index contributed by atoms with van der Waals surface area (Å²) in [6.45, 7) is -0.555. The SMILES string of the molecule is N#CCc1ccc(NC(=O)CN(Cc2ccc(Cl)cc2Cl)S(=O)(=O)c2ccc(Br)cc2)cc1. The molecule has 0 fully saturated rings. The molecule has 0 aromatic heterocycles. The molecular formula is C23H18BrCl2N3O3S. The van der Waals surface area contributed by atoms with E-state index in [2.05, 4.69) is 27.3 Å². The summed E-state index contributed by atoms with van der Waals surface area (Å²) >= 11 is 15.5. The zero-order valence-corrected chi connectivity index (χ0v) is 21.0. The zero-order chi connectivity index (χ0) is 24.0. The zero-order valence-electron chi connectivity index (χ0n) is 17.1. The number of anilines is 1. The smallest absolute Gasteiger partial charge is 0.243 e. The van der Waals surface area contributed by atoms with Gasteiger partial charge in [0.25, 0.3) is 0 Å². The molecule has 0 atom stereocenters. The maximum absolute atomic E-state index is 13.4.